The van der Waals surface area contributed by atoms with Crippen LogP contribution in [0.5, 0.6) is 0 Å². The highest BCUT2D eigenvalue weighted by molar-refractivity contribution is 5.90. The van der Waals surface area contributed by atoms with Crippen molar-refractivity contribution >= 4 is 16.7 Å². The number of piperazine rings is 1. The molecular formula is C26H27F4N7. The quantitative estimate of drug-likeness (QED) is 0.364. The van der Waals surface area contributed by atoms with Gasteiger partial charge in [0, 0.05) is 44.0 Å². The van der Waals surface area contributed by atoms with Crippen molar-refractivity contribution in [1.29, 1.82) is 0 Å². The average Bonchev–Trinajstić information content (AvgIpc) is 3.31. The Labute approximate surface area is 211 Å². The van der Waals surface area contributed by atoms with Crippen LogP contribution in [0.15, 0.2) is 42.6 Å². The van der Waals surface area contributed by atoms with E-state index in [0.29, 0.717) is 16.7 Å². The molecule has 0 saturated carbocycles. The first-order chi connectivity index (χ1) is 17.8. The predicted octanol–water partition coefficient (Wildman–Crippen LogP) is 4.71. The fourth-order valence-electron chi connectivity index (χ4n) is 4.71. The van der Waals surface area contributed by atoms with Crippen LogP contribution in [0.3, 0.4) is 0 Å². The van der Waals surface area contributed by atoms with Gasteiger partial charge in [0.1, 0.15) is 22.5 Å². The van der Waals surface area contributed by atoms with Gasteiger partial charge in [0.05, 0.1) is 17.3 Å². The van der Waals surface area contributed by atoms with E-state index in [1.807, 2.05) is 24.3 Å². The number of halogens is 4. The molecule has 2 aromatic carbocycles. The zero-order valence-corrected chi connectivity index (χ0v) is 20.5. The molecule has 0 unspecified atom stereocenters. The molecule has 0 bridgehead atoms. The Morgan fingerprint density at radius 3 is 2.43 bits per heavy atom. The lowest BCUT2D eigenvalue weighted by Gasteiger charge is -2.35. The normalized spacial score (nSPS) is 15.0. The van der Waals surface area contributed by atoms with Crippen molar-refractivity contribution in [2.45, 2.75) is 19.6 Å². The first kappa shape index (κ1) is 25.1. The minimum absolute atomic E-state index is 0.0936. The number of nitrogens with zero attached hydrogens (tertiary/aromatic N) is 5. The number of anilines is 1. The zero-order valence-electron chi connectivity index (χ0n) is 20.5. The van der Waals surface area contributed by atoms with Crippen molar-refractivity contribution in [1.82, 2.24) is 30.4 Å². The molecule has 5 rings (SSSR count). The van der Waals surface area contributed by atoms with E-state index in [1.165, 1.54) is 6.20 Å². The molecule has 11 heteroatoms. The fourth-order valence-corrected chi connectivity index (χ4v) is 4.71. The van der Waals surface area contributed by atoms with E-state index in [9.17, 15) is 13.2 Å². The van der Waals surface area contributed by atoms with E-state index >= 15 is 4.39 Å². The van der Waals surface area contributed by atoms with Crippen LogP contribution < -0.4 is 10.2 Å². The van der Waals surface area contributed by atoms with Crippen molar-refractivity contribution in [3.63, 3.8) is 0 Å². The number of aromatic amines is 1. The fraction of sp³-hybridized carbons (Fsp3) is 0.346. The van der Waals surface area contributed by atoms with Gasteiger partial charge in [0.15, 0.2) is 5.82 Å². The molecule has 2 aromatic heterocycles. The van der Waals surface area contributed by atoms with E-state index in [2.05, 4.69) is 42.2 Å². The number of H-pyrrole nitrogens is 1. The second kappa shape index (κ2) is 10.1. The van der Waals surface area contributed by atoms with Crippen LogP contribution in [0.1, 0.15) is 18.1 Å². The molecule has 0 aliphatic carbocycles. The van der Waals surface area contributed by atoms with Gasteiger partial charge in [-0.15, -0.1) is 0 Å². The topological polar surface area (TPSA) is 73.0 Å². The Kier molecular flexibility index (Phi) is 6.82. The maximum atomic E-state index is 15.0. The number of aromatic nitrogens is 4. The zero-order chi connectivity index (χ0) is 26.2. The molecule has 194 valence electrons. The van der Waals surface area contributed by atoms with Gasteiger partial charge in [-0.2, -0.15) is 18.3 Å². The number of fused-ring (bicyclic) bond motifs is 1. The Hall–Kier alpha value is -3.57. The lowest BCUT2D eigenvalue weighted by Crippen LogP contribution is -2.46. The van der Waals surface area contributed by atoms with Gasteiger partial charge in [0.25, 0.3) is 0 Å². The summed E-state index contributed by atoms with van der Waals surface area (Å²) < 4.78 is 56.7. The summed E-state index contributed by atoms with van der Waals surface area (Å²) in [6.07, 6.45) is -3.45. The van der Waals surface area contributed by atoms with Crippen molar-refractivity contribution < 1.29 is 17.6 Å². The van der Waals surface area contributed by atoms with Crippen LogP contribution in [0.25, 0.3) is 33.7 Å². The number of nitrogens with one attached hydrogen (secondary N) is 2. The molecule has 2 N–H and O–H groups in total. The standard InChI is InChI=1S/C26H27F4N7/c1-3-36-8-10-37(11-9-36)18-6-4-17(5-7-18)23-24-21(34-35-23)15-32-25(33-24)22-19(26(28,29)30)12-16(14-31-2)13-20(22)27/h4-7,12-13,15,31H,3,8-11,14H2,1-2H3,(H,34,35). The van der Waals surface area contributed by atoms with E-state index in [-0.39, 0.29) is 17.9 Å². The molecule has 3 heterocycles. The first-order valence-corrected chi connectivity index (χ1v) is 12.1. The van der Waals surface area contributed by atoms with Crippen LogP contribution in [0.4, 0.5) is 23.2 Å². The maximum absolute atomic E-state index is 15.0. The third kappa shape index (κ3) is 5.01. The highest BCUT2D eigenvalue weighted by Gasteiger charge is 2.36. The maximum Gasteiger partial charge on any atom is 0.417 e. The largest absolute Gasteiger partial charge is 0.417 e. The number of rotatable bonds is 6. The second-order valence-corrected chi connectivity index (χ2v) is 9.02. The summed E-state index contributed by atoms with van der Waals surface area (Å²) in [4.78, 5) is 13.1. The first-order valence-electron chi connectivity index (χ1n) is 12.1. The molecule has 7 nitrogen and oxygen atoms in total. The van der Waals surface area contributed by atoms with E-state index in [0.717, 1.165) is 56.1 Å². The molecular weight excluding hydrogens is 486 g/mol. The van der Waals surface area contributed by atoms with Crippen LogP contribution in [0.2, 0.25) is 0 Å². The van der Waals surface area contributed by atoms with E-state index in [4.69, 9.17) is 0 Å². The van der Waals surface area contributed by atoms with Gasteiger partial charge in [-0.25, -0.2) is 14.4 Å². The number of likely N-dealkylation sites (N-methyl/N-ethyl adjacent to an activating group) is 1. The monoisotopic (exact) mass is 513 g/mol. The highest BCUT2D eigenvalue weighted by Crippen LogP contribution is 2.39. The predicted molar refractivity (Wildman–Crippen MR) is 135 cm³/mol. The van der Waals surface area contributed by atoms with E-state index in [1.54, 1.807) is 7.05 Å². The minimum Gasteiger partial charge on any atom is -0.369 e. The van der Waals surface area contributed by atoms with Gasteiger partial charge in [-0.3, -0.25) is 5.10 Å². The summed E-state index contributed by atoms with van der Waals surface area (Å²) in [7, 11) is 1.58. The van der Waals surface area contributed by atoms with Crippen LogP contribution in [0, 0.1) is 5.82 Å². The molecule has 1 saturated heterocycles. The van der Waals surface area contributed by atoms with Crippen LogP contribution >= 0.6 is 0 Å². The molecule has 0 amide bonds. The number of hydrogen-bond donors (Lipinski definition) is 2. The molecule has 0 spiro atoms. The van der Waals surface area contributed by atoms with Crippen molar-refractivity contribution in [3.8, 4) is 22.6 Å². The van der Waals surface area contributed by atoms with Gasteiger partial charge in [-0.1, -0.05) is 19.1 Å². The summed E-state index contributed by atoms with van der Waals surface area (Å²) in [6.45, 7) is 7.19. The number of hydrogen-bond acceptors (Lipinski definition) is 6. The highest BCUT2D eigenvalue weighted by atomic mass is 19.4. The van der Waals surface area contributed by atoms with Crippen molar-refractivity contribution in [3.05, 3.63) is 59.5 Å². The summed E-state index contributed by atoms with van der Waals surface area (Å²) in [5.41, 5.74) is 1.44. The average molecular weight is 514 g/mol. The molecule has 0 atom stereocenters. The number of alkyl halides is 3. The Morgan fingerprint density at radius 2 is 1.78 bits per heavy atom. The minimum atomic E-state index is -4.78. The summed E-state index contributed by atoms with van der Waals surface area (Å²) in [5, 5.41) is 9.89. The summed E-state index contributed by atoms with van der Waals surface area (Å²) in [6, 6.07) is 9.82. The van der Waals surface area contributed by atoms with Crippen LogP contribution in [-0.2, 0) is 12.7 Å². The van der Waals surface area contributed by atoms with Crippen LogP contribution in [-0.4, -0.2) is 64.8 Å². The molecule has 1 aliphatic heterocycles. The van der Waals surface area contributed by atoms with Gasteiger partial charge in [0.2, 0.25) is 0 Å². The molecule has 0 radical (unpaired) electrons. The lowest BCUT2D eigenvalue weighted by molar-refractivity contribution is -0.137. The van der Waals surface area contributed by atoms with Gasteiger partial charge in [-0.05, 0) is 43.4 Å². The molecule has 4 aromatic rings. The van der Waals surface area contributed by atoms with E-state index < -0.39 is 23.1 Å². The molecule has 1 fully saturated rings. The number of benzene rings is 2. The van der Waals surface area contributed by atoms with Crippen molar-refractivity contribution in [2.75, 3.05) is 44.7 Å². The lowest BCUT2D eigenvalue weighted by atomic mass is 10.0. The summed E-state index contributed by atoms with van der Waals surface area (Å²) >= 11 is 0. The second-order valence-electron chi connectivity index (χ2n) is 9.02. The van der Waals surface area contributed by atoms with Crippen molar-refractivity contribution in [2.24, 2.45) is 0 Å². The van der Waals surface area contributed by atoms with Gasteiger partial charge < -0.3 is 15.1 Å². The third-order valence-electron chi connectivity index (χ3n) is 6.69. The summed E-state index contributed by atoms with van der Waals surface area (Å²) in [5.74, 6) is -1.38. The Balaban J connectivity index is 1.51. The molecule has 37 heavy (non-hydrogen) atoms. The smallest absolute Gasteiger partial charge is 0.369 e. The Morgan fingerprint density at radius 1 is 1.05 bits per heavy atom. The van der Waals surface area contributed by atoms with Gasteiger partial charge >= 0.3 is 6.18 Å². The molecule has 1 aliphatic rings. The third-order valence-corrected chi connectivity index (χ3v) is 6.69. The Bertz CT molecular complexity index is 1390. The SMILES string of the molecule is CCN1CCN(c2ccc(-c3n[nH]c4cnc(-c5c(F)cc(CNC)cc5C(F)(F)F)nc34)cc2)CC1.